The Morgan fingerprint density at radius 1 is 0.667 bits per heavy atom. The molecule has 3 aromatic carbocycles. The highest BCUT2D eigenvalue weighted by atomic mass is 32.2. The van der Waals surface area contributed by atoms with Crippen LogP contribution in [0.2, 0.25) is 0 Å². The van der Waals surface area contributed by atoms with Crippen molar-refractivity contribution in [1.29, 1.82) is 0 Å². The third-order valence-electron chi connectivity index (χ3n) is 4.49. The first kappa shape index (κ1) is 17.6. The van der Waals surface area contributed by atoms with E-state index in [9.17, 15) is 0 Å². The highest BCUT2D eigenvalue weighted by Crippen LogP contribution is 2.43. The Bertz CT molecular complexity index is 1030. The van der Waals surface area contributed by atoms with Gasteiger partial charge in [0.15, 0.2) is 0 Å². The van der Waals surface area contributed by atoms with Gasteiger partial charge < -0.3 is 5.32 Å². The van der Waals surface area contributed by atoms with E-state index in [4.69, 9.17) is 0 Å². The lowest BCUT2D eigenvalue weighted by Crippen LogP contribution is -1.98. The smallest absolute Gasteiger partial charge is 0.0892 e. The first-order valence-corrected chi connectivity index (χ1v) is 9.76. The Kier molecular flexibility index (Phi) is 4.82. The number of benzene rings is 3. The first-order chi connectivity index (χ1) is 13.1. The van der Waals surface area contributed by atoms with Gasteiger partial charge in [0.05, 0.1) is 33.8 Å². The second-order valence-corrected chi connectivity index (χ2v) is 7.69. The van der Waals surface area contributed by atoms with Gasteiger partial charge in [-0.2, -0.15) is 0 Å². The molecule has 27 heavy (non-hydrogen) atoms. The summed E-state index contributed by atoms with van der Waals surface area (Å²) in [5.74, 6) is 0. The van der Waals surface area contributed by atoms with Gasteiger partial charge in [-0.05, 0) is 62.7 Å². The van der Waals surface area contributed by atoms with E-state index < -0.39 is 0 Å². The van der Waals surface area contributed by atoms with E-state index in [2.05, 4.69) is 82.9 Å². The molecule has 0 bridgehead atoms. The third kappa shape index (κ3) is 3.81. The van der Waals surface area contributed by atoms with E-state index in [0.29, 0.717) is 0 Å². The standard InChI is InChI=1S/C12H9NS.C11H12N2/c1-3-7-11-9(5-1)13-10-6-2-4-8-12(10)14-11;1-7-4-5-10-11(6-7)13-9(3)8(2)12-10/h1-8,13H;4-6H,1-3H3. The van der Waals surface area contributed by atoms with E-state index in [1.807, 2.05) is 31.7 Å². The van der Waals surface area contributed by atoms with Crippen LogP contribution in [0.25, 0.3) is 11.0 Å². The van der Waals surface area contributed by atoms with Crippen molar-refractivity contribution in [2.75, 3.05) is 5.32 Å². The Labute approximate surface area is 163 Å². The minimum absolute atomic E-state index is 0.980. The number of aromatic nitrogens is 2. The highest BCUT2D eigenvalue weighted by Gasteiger charge is 2.13. The van der Waals surface area contributed by atoms with Gasteiger partial charge in [0.25, 0.3) is 0 Å². The fourth-order valence-corrected chi connectivity index (χ4v) is 3.91. The maximum absolute atomic E-state index is 4.47. The van der Waals surface area contributed by atoms with Gasteiger partial charge in [-0.15, -0.1) is 0 Å². The Hall–Kier alpha value is -2.85. The summed E-state index contributed by atoms with van der Waals surface area (Å²) in [5.41, 5.74) is 7.63. The molecule has 1 aliphatic heterocycles. The van der Waals surface area contributed by atoms with Crippen LogP contribution in [0.3, 0.4) is 0 Å². The molecule has 1 aromatic heterocycles. The molecule has 0 spiro atoms. The lowest BCUT2D eigenvalue weighted by atomic mass is 10.2. The van der Waals surface area contributed by atoms with Gasteiger partial charge in [-0.1, -0.05) is 42.1 Å². The van der Waals surface area contributed by atoms with Crippen molar-refractivity contribution >= 4 is 34.2 Å². The van der Waals surface area contributed by atoms with Crippen molar-refractivity contribution in [3.05, 3.63) is 83.7 Å². The molecule has 1 aliphatic rings. The average Bonchev–Trinajstić information content (AvgIpc) is 2.68. The second kappa shape index (κ2) is 7.41. The molecule has 4 heteroatoms. The number of hydrogen-bond donors (Lipinski definition) is 1. The lowest BCUT2D eigenvalue weighted by molar-refractivity contribution is 1.10. The van der Waals surface area contributed by atoms with Crippen LogP contribution < -0.4 is 5.32 Å². The summed E-state index contributed by atoms with van der Waals surface area (Å²) in [4.78, 5) is 11.5. The van der Waals surface area contributed by atoms with E-state index >= 15 is 0 Å². The number of fused-ring (bicyclic) bond motifs is 3. The topological polar surface area (TPSA) is 37.8 Å². The Morgan fingerprint density at radius 3 is 1.85 bits per heavy atom. The highest BCUT2D eigenvalue weighted by molar-refractivity contribution is 7.99. The normalized spacial score (nSPS) is 11.7. The molecule has 0 saturated heterocycles. The van der Waals surface area contributed by atoms with E-state index in [1.165, 1.54) is 26.7 Å². The van der Waals surface area contributed by atoms with Crippen molar-refractivity contribution in [2.45, 2.75) is 30.6 Å². The van der Waals surface area contributed by atoms with Crippen molar-refractivity contribution < 1.29 is 0 Å². The summed E-state index contributed by atoms with van der Waals surface area (Å²) in [6.45, 7) is 6.04. The van der Waals surface area contributed by atoms with Crippen LogP contribution >= 0.6 is 11.8 Å². The second-order valence-electron chi connectivity index (χ2n) is 6.61. The molecule has 5 rings (SSSR count). The lowest BCUT2D eigenvalue weighted by Gasteiger charge is -2.19. The maximum atomic E-state index is 4.47. The van der Waals surface area contributed by atoms with Crippen molar-refractivity contribution in [2.24, 2.45) is 0 Å². The van der Waals surface area contributed by atoms with Crippen LogP contribution in [0.1, 0.15) is 17.0 Å². The van der Waals surface area contributed by atoms with Crippen LogP contribution in [-0.2, 0) is 0 Å². The maximum Gasteiger partial charge on any atom is 0.0892 e. The van der Waals surface area contributed by atoms with Crippen LogP contribution in [0, 0.1) is 20.8 Å². The minimum Gasteiger partial charge on any atom is -0.354 e. The fourth-order valence-electron chi connectivity index (χ4n) is 2.92. The van der Waals surface area contributed by atoms with Gasteiger partial charge in [0.1, 0.15) is 0 Å². The average molecular weight is 372 g/mol. The van der Waals surface area contributed by atoms with Gasteiger partial charge in [-0.25, -0.2) is 9.97 Å². The van der Waals surface area contributed by atoms with Gasteiger partial charge in [-0.3, -0.25) is 0 Å². The van der Waals surface area contributed by atoms with Crippen LogP contribution in [-0.4, -0.2) is 9.97 Å². The monoisotopic (exact) mass is 371 g/mol. The van der Waals surface area contributed by atoms with Gasteiger partial charge >= 0.3 is 0 Å². The molecule has 0 saturated carbocycles. The number of nitrogens with one attached hydrogen (secondary N) is 1. The van der Waals surface area contributed by atoms with Crippen LogP contribution in [0.4, 0.5) is 11.4 Å². The number of aryl methyl sites for hydroxylation is 3. The molecule has 0 radical (unpaired) electrons. The van der Waals surface area contributed by atoms with Crippen molar-refractivity contribution in [3.8, 4) is 0 Å². The number of hydrogen-bond acceptors (Lipinski definition) is 4. The quantitative estimate of drug-likeness (QED) is 0.339. The fraction of sp³-hybridized carbons (Fsp3) is 0.130. The summed E-state index contributed by atoms with van der Waals surface area (Å²) in [7, 11) is 0. The zero-order valence-corrected chi connectivity index (χ0v) is 16.5. The van der Waals surface area contributed by atoms with Gasteiger partial charge in [0.2, 0.25) is 0 Å². The Morgan fingerprint density at radius 2 is 1.22 bits per heavy atom. The molecule has 0 fully saturated rings. The molecule has 1 N–H and O–H groups in total. The molecule has 0 amide bonds. The van der Waals surface area contributed by atoms with E-state index in [-0.39, 0.29) is 0 Å². The molecule has 0 aliphatic carbocycles. The van der Waals surface area contributed by atoms with E-state index in [0.717, 1.165) is 22.4 Å². The van der Waals surface area contributed by atoms with Gasteiger partial charge in [0, 0.05) is 9.79 Å². The predicted molar refractivity (Wildman–Crippen MR) is 114 cm³/mol. The summed E-state index contributed by atoms with van der Waals surface area (Å²) < 4.78 is 0. The third-order valence-corrected chi connectivity index (χ3v) is 5.65. The van der Waals surface area contributed by atoms with Crippen molar-refractivity contribution in [3.63, 3.8) is 0 Å². The number of nitrogens with zero attached hydrogens (tertiary/aromatic N) is 2. The zero-order valence-electron chi connectivity index (χ0n) is 15.7. The largest absolute Gasteiger partial charge is 0.354 e. The molecular formula is C23H21N3S. The minimum atomic E-state index is 0.980. The van der Waals surface area contributed by atoms with Crippen molar-refractivity contribution in [1.82, 2.24) is 9.97 Å². The predicted octanol–water partition coefficient (Wildman–Crippen LogP) is 6.45. The molecule has 3 nitrogen and oxygen atoms in total. The zero-order chi connectivity index (χ0) is 18.8. The Balaban J connectivity index is 0.000000134. The number of anilines is 2. The molecule has 0 unspecified atom stereocenters. The number of para-hydroxylation sites is 2. The molecular weight excluding hydrogens is 350 g/mol. The molecule has 2 heterocycles. The summed E-state index contributed by atoms with van der Waals surface area (Å²) in [6, 6.07) is 22.9. The molecule has 0 atom stereocenters. The molecule has 4 aromatic rings. The number of rotatable bonds is 0. The summed E-state index contributed by atoms with van der Waals surface area (Å²) in [6.07, 6.45) is 0. The van der Waals surface area contributed by atoms with Crippen LogP contribution in [0.15, 0.2) is 76.5 Å². The summed E-state index contributed by atoms with van der Waals surface area (Å²) >= 11 is 1.82. The van der Waals surface area contributed by atoms with E-state index in [1.54, 1.807) is 0 Å². The molecule has 134 valence electrons. The first-order valence-electron chi connectivity index (χ1n) is 8.95. The SMILES string of the molecule is Cc1ccc2nc(C)c(C)nc2c1.c1ccc2c(c1)Nc1ccccc1S2. The summed E-state index contributed by atoms with van der Waals surface area (Å²) in [5, 5.41) is 3.42. The van der Waals surface area contributed by atoms with Crippen LogP contribution in [0.5, 0.6) is 0 Å².